The van der Waals surface area contributed by atoms with Crippen LogP contribution >= 0.6 is 0 Å². The number of hydrogen-bond acceptors (Lipinski definition) is 4. The molecule has 2 atom stereocenters. The maximum atomic E-state index is 14.9. The summed E-state index contributed by atoms with van der Waals surface area (Å²) < 4.78 is 47.0. The van der Waals surface area contributed by atoms with E-state index in [9.17, 15) is 18.0 Å². The van der Waals surface area contributed by atoms with Crippen LogP contribution in [-0.4, -0.2) is 35.9 Å². The van der Waals surface area contributed by atoms with Gasteiger partial charge >= 0.3 is 0 Å². The number of ketones is 1. The number of carbonyl (C=O) groups is 1. The molecule has 35 heavy (non-hydrogen) atoms. The van der Waals surface area contributed by atoms with E-state index in [-0.39, 0.29) is 42.4 Å². The quantitative estimate of drug-likeness (QED) is 0.352. The number of pyridine rings is 1. The fraction of sp³-hybridized carbons (Fsp3) is 0.571. The van der Waals surface area contributed by atoms with Crippen molar-refractivity contribution in [2.24, 2.45) is 5.92 Å². The van der Waals surface area contributed by atoms with Gasteiger partial charge in [-0.25, -0.2) is 13.2 Å². The molecule has 1 unspecified atom stereocenters. The summed E-state index contributed by atoms with van der Waals surface area (Å²) in [6, 6.07) is 9.25. The number of hydrogen-bond donors (Lipinski definition) is 0. The number of rotatable bonds is 11. The van der Waals surface area contributed by atoms with E-state index in [1.807, 2.05) is 36.1 Å². The van der Waals surface area contributed by atoms with Gasteiger partial charge in [-0.1, -0.05) is 32.4 Å². The van der Waals surface area contributed by atoms with E-state index in [2.05, 4.69) is 11.9 Å². The highest BCUT2D eigenvalue weighted by Gasteiger charge is 2.44. The van der Waals surface area contributed by atoms with Crippen LogP contribution in [0.15, 0.2) is 36.5 Å². The van der Waals surface area contributed by atoms with Gasteiger partial charge in [-0.05, 0) is 48.9 Å². The Morgan fingerprint density at radius 2 is 1.97 bits per heavy atom. The summed E-state index contributed by atoms with van der Waals surface area (Å²) in [5.41, 5.74) is 2.01. The fourth-order valence-electron chi connectivity index (χ4n) is 5.05. The molecule has 0 radical (unpaired) electrons. The Morgan fingerprint density at radius 1 is 1.23 bits per heavy atom. The zero-order chi connectivity index (χ0) is 25.0. The lowest BCUT2D eigenvalue weighted by Gasteiger charge is -2.34. The van der Waals surface area contributed by atoms with E-state index in [0.717, 1.165) is 37.1 Å². The summed E-state index contributed by atoms with van der Waals surface area (Å²) in [4.78, 5) is 18.8. The van der Waals surface area contributed by atoms with Crippen LogP contribution in [0.5, 0.6) is 5.75 Å². The van der Waals surface area contributed by atoms with Gasteiger partial charge in [0.1, 0.15) is 17.6 Å². The molecule has 1 aromatic heterocycles. The van der Waals surface area contributed by atoms with Crippen LogP contribution in [0, 0.1) is 11.7 Å². The van der Waals surface area contributed by atoms with E-state index in [4.69, 9.17) is 4.74 Å². The molecule has 0 N–H and O–H groups in total. The van der Waals surface area contributed by atoms with E-state index in [1.54, 1.807) is 12.3 Å². The molecule has 4 nitrogen and oxygen atoms in total. The monoisotopic (exact) mass is 488 g/mol. The average molecular weight is 489 g/mol. The topological polar surface area (TPSA) is 42.4 Å². The Morgan fingerprint density at radius 3 is 2.66 bits per heavy atom. The molecule has 1 aliphatic carbocycles. The zero-order valence-electron chi connectivity index (χ0n) is 20.6. The minimum atomic E-state index is -2.53. The summed E-state index contributed by atoms with van der Waals surface area (Å²) in [6.45, 7) is 5.26. The molecule has 0 spiro atoms. The van der Waals surface area contributed by atoms with Crippen molar-refractivity contribution in [3.05, 3.63) is 53.6 Å². The molecule has 7 heteroatoms. The lowest BCUT2D eigenvalue weighted by Crippen LogP contribution is -2.35. The minimum Gasteiger partial charge on any atom is -0.489 e. The van der Waals surface area contributed by atoms with Crippen LogP contribution in [0.3, 0.4) is 0 Å². The van der Waals surface area contributed by atoms with Crippen molar-refractivity contribution in [3.8, 4) is 5.75 Å². The second kappa shape index (κ2) is 11.0. The highest BCUT2D eigenvalue weighted by Crippen LogP contribution is 2.44. The Balaban J connectivity index is 1.27. The number of carbonyl (C=O) groups excluding carboxylic acids is 1. The number of halogens is 3. The van der Waals surface area contributed by atoms with Crippen molar-refractivity contribution in [1.82, 2.24) is 4.98 Å². The normalized spacial score (nSPS) is 20.5. The summed E-state index contributed by atoms with van der Waals surface area (Å²) in [6.07, 6.45) is 5.68. The first kappa shape index (κ1) is 25.5. The Hall–Kier alpha value is -2.57. The van der Waals surface area contributed by atoms with E-state index >= 15 is 0 Å². The van der Waals surface area contributed by atoms with Gasteiger partial charge in [-0.15, -0.1) is 0 Å². The first-order chi connectivity index (χ1) is 16.8. The van der Waals surface area contributed by atoms with Crippen LogP contribution in [0.25, 0.3) is 0 Å². The summed E-state index contributed by atoms with van der Waals surface area (Å²) in [5, 5.41) is 0. The van der Waals surface area contributed by atoms with Crippen molar-refractivity contribution in [2.45, 2.75) is 83.2 Å². The maximum absolute atomic E-state index is 14.9. The van der Waals surface area contributed by atoms with E-state index < -0.39 is 5.92 Å². The molecule has 2 heterocycles. The van der Waals surface area contributed by atoms with Gasteiger partial charge in [0.05, 0.1) is 17.9 Å². The van der Waals surface area contributed by atoms with Crippen molar-refractivity contribution >= 4 is 11.5 Å². The minimum absolute atomic E-state index is 0.0357. The van der Waals surface area contributed by atoms with Gasteiger partial charge in [0.25, 0.3) is 0 Å². The Bertz CT molecular complexity index is 1000. The lowest BCUT2D eigenvalue weighted by atomic mass is 9.77. The van der Waals surface area contributed by atoms with E-state index in [0.29, 0.717) is 37.2 Å². The van der Waals surface area contributed by atoms with Gasteiger partial charge in [0.2, 0.25) is 5.92 Å². The van der Waals surface area contributed by atoms with Crippen LogP contribution in [-0.2, 0) is 11.2 Å². The van der Waals surface area contributed by atoms with Crippen LogP contribution in [0.2, 0.25) is 0 Å². The van der Waals surface area contributed by atoms with Crippen molar-refractivity contribution in [2.75, 3.05) is 18.0 Å². The number of unbranched alkanes of at least 4 members (excludes halogenated alkanes) is 1. The third-order valence-corrected chi connectivity index (χ3v) is 7.33. The predicted octanol–water partition coefficient (Wildman–Crippen LogP) is 6.72. The first-order valence-electron chi connectivity index (χ1n) is 12.8. The molecule has 0 amide bonds. The maximum Gasteiger partial charge on any atom is 0.248 e. The van der Waals surface area contributed by atoms with Crippen LogP contribution in [0.4, 0.5) is 18.9 Å². The van der Waals surface area contributed by atoms with Crippen LogP contribution in [0.1, 0.15) is 76.0 Å². The first-order valence-corrected chi connectivity index (χ1v) is 12.8. The molecule has 1 saturated carbocycles. The average Bonchev–Trinajstić information content (AvgIpc) is 3.28. The highest BCUT2D eigenvalue weighted by molar-refractivity contribution is 5.85. The molecule has 1 saturated heterocycles. The van der Waals surface area contributed by atoms with Crippen molar-refractivity contribution in [1.29, 1.82) is 0 Å². The number of Topliss-reactive ketones (excluding diaryl/α,β-unsaturated/α-hetero) is 1. The largest absolute Gasteiger partial charge is 0.489 e. The number of benzene rings is 1. The van der Waals surface area contributed by atoms with Gasteiger partial charge in [0, 0.05) is 44.3 Å². The number of aromatic nitrogens is 1. The number of ether oxygens (including phenoxy) is 1. The van der Waals surface area contributed by atoms with Gasteiger partial charge in [-0.3, -0.25) is 9.78 Å². The van der Waals surface area contributed by atoms with E-state index in [1.165, 1.54) is 0 Å². The third kappa shape index (κ3) is 6.36. The Kier molecular flexibility index (Phi) is 8.02. The summed E-state index contributed by atoms with van der Waals surface area (Å²) in [5.74, 6) is -2.27. The molecule has 0 bridgehead atoms. The molecule has 2 fully saturated rings. The van der Waals surface area contributed by atoms with Crippen LogP contribution < -0.4 is 9.64 Å². The predicted molar refractivity (Wildman–Crippen MR) is 131 cm³/mol. The third-order valence-electron chi connectivity index (χ3n) is 7.33. The lowest BCUT2D eigenvalue weighted by molar-refractivity contribution is -0.126. The zero-order valence-corrected chi connectivity index (χ0v) is 20.6. The number of alkyl halides is 2. The standard InChI is InChI=1S/C28H35F3N2O2/c1-3-4-5-24-27(29)25(12-14-32-24)33-15-13-23(18-33)35-22-9-7-21(8-10-22)19(2)26(34)11-6-20-16-28(30,31)17-20/h7-10,12,14,19-20,23H,3-6,11,13,15-18H2,1-2H3/t19?,23-/m1/s1. The molecule has 2 aliphatic rings. The van der Waals surface area contributed by atoms with Gasteiger partial charge in [-0.2, -0.15) is 0 Å². The number of nitrogens with zero attached hydrogens (tertiary/aromatic N) is 2. The molecular weight excluding hydrogens is 453 g/mol. The fourth-order valence-corrected chi connectivity index (χ4v) is 5.05. The second-order valence-electron chi connectivity index (χ2n) is 10.1. The number of aryl methyl sites for hydroxylation is 1. The molecular formula is C28H35F3N2O2. The SMILES string of the molecule is CCCCc1nccc(N2CC[C@@H](Oc3ccc(C(C)C(=O)CCC4CC(F)(F)C4)cc3)C2)c1F. The van der Waals surface area contributed by atoms with Crippen molar-refractivity contribution in [3.63, 3.8) is 0 Å². The Labute approximate surface area is 205 Å². The molecule has 1 aromatic carbocycles. The smallest absolute Gasteiger partial charge is 0.248 e. The van der Waals surface area contributed by atoms with Gasteiger partial charge in [0.15, 0.2) is 5.82 Å². The number of anilines is 1. The van der Waals surface area contributed by atoms with Gasteiger partial charge < -0.3 is 9.64 Å². The summed E-state index contributed by atoms with van der Waals surface area (Å²) in [7, 11) is 0. The second-order valence-corrected chi connectivity index (χ2v) is 10.1. The highest BCUT2D eigenvalue weighted by atomic mass is 19.3. The molecule has 2 aromatic rings. The van der Waals surface area contributed by atoms with Crippen molar-refractivity contribution < 1.29 is 22.7 Å². The summed E-state index contributed by atoms with van der Waals surface area (Å²) >= 11 is 0. The molecule has 190 valence electrons. The molecule has 1 aliphatic heterocycles. The molecule has 4 rings (SSSR count).